The van der Waals surface area contributed by atoms with Crippen molar-refractivity contribution in [2.45, 2.75) is 30.7 Å². The van der Waals surface area contributed by atoms with Gasteiger partial charge in [-0.25, -0.2) is 12.8 Å². The van der Waals surface area contributed by atoms with Crippen LogP contribution in [0.4, 0.5) is 4.39 Å². The highest BCUT2D eigenvalue weighted by atomic mass is 32.2. The summed E-state index contributed by atoms with van der Waals surface area (Å²) in [5.74, 6) is -1.21. The topological polar surface area (TPSA) is 63.7 Å². The number of hydrogen-bond donors (Lipinski definition) is 0. The Kier molecular flexibility index (Phi) is 4.10. The lowest BCUT2D eigenvalue weighted by Gasteiger charge is -2.23. The minimum atomic E-state index is -3.90. The van der Waals surface area contributed by atoms with E-state index < -0.39 is 27.9 Å². The van der Waals surface area contributed by atoms with Gasteiger partial charge in [-0.05, 0) is 37.5 Å². The predicted octanol–water partition coefficient (Wildman–Crippen LogP) is 1.46. The molecule has 0 spiro atoms. The Morgan fingerprint density at radius 2 is 2.15 bits per heavy atom. The maximum absolute atomic E-state index is 13.3. The average Bonchev–Trinajstić information content (AvgIpc) is 2.90. The number of carbonyl (C=O) groups excluding carboxylic acids is 1. The minimum absolute atomic E-state index is 0.103. The number of carbonyl (C=O) groups is 1. The van der Waals surface area contributed by atoms with Gasteiger partial charge in [0.15, 0.2) is 0 Å². The van der Waals surface area contributed by atoms with Crippen LogP contribution in [0.25, 0.3) is 0 Å². The highest BCUT2D eigenvalue weighted by molar-refractivity contribution is 7.89. The molecule has 0 aliphatic carbocycles. The number of esters is 1. The molecule has 0 amide bonds. The van der Waals surface area contributed by atoms with Gasteiger partial charge in [0, 0.05) is 6.54 Å². The van der Waals surface area contributed by atoms with E-state index >= 15 is 0 Å². The lowest BCUT2D eigenvalue weighted by atomic mass is 10.2. The van der Waals surface area contributed by atoms with Gasteiger partial charge >= 0.3 is 5.97 Å². The Bertz CT molecular complexity index is 629. The summed E-state index contributed by atoms with van der Waals surface area (Å²) in [6.45, 7) is 1.83. The molecule has 0 bridgehead atoms. The first kappa shape index (κ1) is 14.9. The van der Waals surface area contributed by atoms with Crippen LogP contribution in [0.2, 0.25) is 0 Å². The number of aryl methyl sites for hydroxylation is 1. The molecule has 0 saturated carbocycles. The molecule has 1 atom stereocenters. The van der Waals surface area contributed by atoms with E-state index in [1.807, 2.05) is 0 Å². The predicted molar refractivity (Wildman–Crippen MR) is 70.1 cm³/mol. The van der Waals surface area contributed by atoms with E-state index in [4.69, 9.17) is 0 Å². The van der Waals surface area contributed by atoms with Crippen LogP contribution >= 0.6 is 0 Å². The Morgan fingerprint density at radius 3 is 2.80 bits per heavy atom. The summed E-state index contributed by atoms with van der Waals surface area (Å²) in [5, 5.41) is 0. The number of halogens is 1. The first-order valence-corrected chi connectivity index (χ1v) is 7.67. The molecular formula is C13H16FNO4S. The smallest absolute Gasteiger partial charge is 0.324 e. The molecule has 2 rings (SSSR count). The van der Waals surface area contributed by atoms with Crippen molar-refractivity contribution < 1.29 is 22.3 Å². The van der Waals surface area contributed by atoms with Crippen LogP contribution in [-0.4, -0.2) is 38.4 Å². The molecule has 20 heavy (non-hydrogen) atoms. The molecule has 110 valence electrons. The second-order valence-corrected chi connectivity index (χ2v) is 6.57. The lowest BCUT2D eigenvalue weighted by Crippen LogP contribution is -2.41. The summed E-state index contributed by atoms with van der Waals surface area (Å²) in [4.78, 5) is 11.5. The zero-order chi connectivity index (χ0) is 14.9. The van der Waals surface area contributed by atoms with Crippen molar-refractivity contribution in [3.63, 3.8) is 0 Å². The van der Waals surface area contributed by atoms with Crippen LogP contribution in [0.15, 0.2) is 23.1 Å². The van der Waals surface area contributed by atoms with E-state index in [2.05, 4.69) is 4.74 Å². The Hall–Kier alpha value is -1.47. The second-order valence-electron chi connectivity index (χ2n) is 4.71. The molecule has 5 nitrogen and oxygen atoms in total. The van der Waals surface area contributed by atoms with Gasteiger partial charge in [-0.15, -0.1) is 0 Å². The summed E-state index contributed by atoms with van der Waals surface area (Å²) >= 11 is 0. The van der Waals surface area contributed by atoms with Gasteiger partial charge in [-0.3, -0.25) is 4.79 Å². The van der Waals surface area contributed by atoms with Crippen LogP contribution in [0.1, 0.15) is 18.4 Å². The fourth-order valence-corrected chi connectivity index (χ4v) is 4.26. The molecule has 0 N–H and O–H groups in total. The van der Waals surface area contributed by atoms with Crippen LogP contribution < -0.4 is 0 Å². The molecule has 0 aromatic heterocycles. The average molecular weight is 301 g/mol. The number of benzene rings is 1. The highest BCUT2D eigenvalue weighted by Gasteiger charge is 2.40. The molecule has 1 aliphatic rings. The van der Waals surface area contributed by atoms with E-state index in [0.29, 0.717) is 18.4 Å². The number of nitrogens with zero attached hydrogens (tertiary/aromatic N) is 1. The van der Waals surface area contributed by atoms with E-state index in [1.165, 1.54) is 19.2 Å². The fourth-order valence-electron chi connectivity index (χ4n) is 2.38. The third kappa shape index (κ3) is 2.55. The van der Waals surface area contributed by atoms with Crippen LogP contribution in [-0.2, 0) is 19.6 Å². The summed E-state index contributed by atoms with van der Waals surface area (Å²) in [5.41, 5.74) is 0.446. The number of methoxy groups -OCH3 is 1. The summed E-state index contributed by atoms with van der Waals surface area (Å²) < 4.78 is 44.2. The molecule has 1 fully saturated rings. The summed E-state index contributed by atoms with van der Waals surface area (Å²) in [7, 11) is -2.68. The lowest BCUT2D eigenvalue weighted by molar-refractivity contribution is -0.144. The molecule has 0 radical (unpaired) electrons. The van der Waals surface area contributed by atoms with Crippen molar-refractivity contribution in [3.8, 4) is 0 Å². The molecule has 1 aromatic carbocycles. The van der Waals surface area contributed by atoms with Crippen LogP contribution in [0, 0.1) is 12.7 Å². The maximum Gasteiger partial charge on any atom is 0.324 e. The highest BCUT2D eigenvalue weighted by Crippen LogP contribution is 2.28. The molecule has 7 heteroatoms. The largest absolute Gasteiger partial charge is 0.468 e. The number of ether oxygens (including phenoxy) is 1. The van der Waals surface area contributed by atoms with Gasteiger partial charge in [-0.1, -0.05) is 6.07 Å². The quantitative estimate of drug-likeness (QED) is 0.793. The SMILES string of the molecule is COC(=O)C1CCCN1S(=O)(=O)c1cc(F)ccc1C. The van der Waals surface area contributed by atoms with Gasteiger partial charge < -0.3 is 4.74 Å². The number of rotatable bonds is 3. The van der Waals surface area contributed by atoms with Crippen LogP contribution in [0.5, 0.6) is 0 Å². The Labute approximate surface area is 117 Å². The van der Waals surface area contributed by atoms with Gasteiger partial charge in [0.2, 0.25) is 10.0 Å². The standard InChI is InChI=1S/C13H16FNO4S/c1-9-5-6-10(14)8-12(9)20(17,18)15-7-3-4-11(15)13(16)19-2/h5-6,8,11H,3-4,7H2,1-2H3. The van der Waals surface area contributed by atoms with Crippen molar-refractivity contribution in [1.29, 1.82) is 0 Å². The van der Waals surface area contributed by atoms with E-state index in [0.717, 1.165) is 10.4 Å². The molecule has 1 saturated heterocycles. The molecule has 1 heterocycles. The maximum atomic E-state index is 13.3. The monoisotopic (exact) mass is 301 g/mol. The van der Waals surface area contributed by atoms with Crippen molar-refractivity contribution in [3.05, 3.63) is 29.6 Å². The Morgan fingerprint density at radius 1 is 1.45 bits per heavy atom. The second kappa shape index (κ2) is 5.49. The van der Waals surface area contributed by atoms with Gasteiger partial charge in [-0.2, -0.15) is 4.31 Å². The summed E-state index contributed by atoms with van der Waals surface area (Å²) in [6, 6.07) is 2.77. The molecular weight excluding hydrogens is 285 g/mol. The van der Waals surface area contributed by atoms with Crippen molar-refractivity contribution in [2.75, 3.05) is 13.7 Å². The minimum Gasteiger partial charge on any atom is -0.468 e. The van der Waals surface area contributed by atoms with Gasteiger partial charge in [0.05, 0.1) is 12.0 Å². The van der Waals surface area contributed by atoms with Crippen molar-refractivity contribution in [1.82, 2.24) is 4.31 Å². The van der Waals surface area contributed by atoms with Crippen molar-refractivity contribution >= 4 is 16.0 Å². The van der Waals surface area contributed by atoms with E-state index in [-0.39, 0.29) is 11.4 Å². The molecule has 1 aliphatic heterocycles. The van der Waals surface area contributed by atoms with Crippen molar-refractivity contribution in [2.24, 2.45) is 0 Å². The Balaban J connectivity index is 2.44. The van der Waals surface area contributed by atoms with E-state index in [9.17, 15) is 17.6 Å². The third-order valence-corrected chi connectivity index (χ3v) is 5.46. The number of hydrogen-bond acceptors (Lipinski definition) is 4. The zero-order valence-corrected chi connectivity index (χ0v) is 12.1. The first-order valence-electron chi connectivity index (χ1n) is 6.23. The first-order chi connectivity index (χ1) is 9.37. The fraction of sp³-hybridized carbons (Fsp3) is 0.462. The zero-order valence-electron chi connectivity index (χ0n) is 11.3. The van der Waals surface area contributed by atoms with Crippen LogP contribution in [0.3, 0.4) is 0 Å². The number of sulfonamides is 1. The van der Waals surface area contributed by atoms with Gasteiger partial charge in [0.1, 0.15) is 11.9 Å². The van der Waals surface area contributed by atoms with E-state index in [1.54, 1.807) is 6.92 Å². The summed E-state index contributed by atoms with van der Waals surface area (Å²) in [6.07, 6.45) is 0.994. The molecule has 1 aromatic rings. The third-order valence-electron chi connectivity index (χ3n) is 3.41. The normalized spacial score (nSPS) is 20.1. The van der Waals surface area contributed by atoms with Gasteiger partial charge in [0.25, 0.3) is 0 Å². The molecule has 1 unspecified atom stereocenters.